The number of carbonyl (C=O) groups excluding carboxylic acids is 3. The summed E-state index contributed by atoms with van der Waals surface area (Å²) in [5, 5.41) is 0. The average Bonchev–Trinajstić information content (AvgIpc) is 3.45. The summed E-state index contributed by atoms with van der Waals surface area (Å²) in [4.78, 5) is 49.2. The van der Waals surface area contributed by atoms with E-state index in [1.807, 2.05) is 12.1 Å². The predicted molar refractivity (Wildman–Crippen MR) is 84.3 cm³/mol. The molecule has 2 saturated heterocycles. The van der Waals surface area contributed by atoms with Gasteiger partial charge in [0, 0.05) is 0 Å². The Morgan fingerprint density at radius 2 is 1.08 bits per heavy atom. The van der Waals surface area contributed by atoms with Gasteiger partial charge < -0.3 is 0 Å². The molecular formula is C18H14N2O5. The van der Waals surface area contributed by atoms with Crippen LogP contribution in [0, 0.1) is 0 Å². The maximum atomic E-state index is 12.8. The molecule has 2 aliphatic rings. The number of nitrogens with zero attached hydrogens (tertiary/aromatic N) is 2. The van der Waals surface area contributed by atoms with Crippen molar-refractivity contribution in [3.05, 3.63) is 71.8 Å². The topological polar surface area (TPSA) is 82.8 Å². The molecule has 4 rings (SSSR count). The number of carbonyl (C=O) groups is 3. The van der Waals surface area contributed by atoms with E-state index < -0.39 is 23.6 Å². The molecule has 2 fully saturated rings. The van der Waals surface area contributed by atoms with E-state index in [1.165, 1.54) is 0 Å². The minimum absolute atomic E-state index is 0.0333. The summed E-state index contributed by atoms with van der Waals surface area (Å²) >= 11 is 0. The maximum Gasteiger partial charge on any atom is 0.388 e. The molecule has 25 heavy (non-hydrogen) atoms. The second kappa shape index (κ2) is 5.80. The molecule has 2 aliphatic heterocycles. The highest BCUT2D eigenvalue weighted by atomic mass is 17.4. The van der Waals surface area contributed by atoms with Crippen LogP contribution in [0.5, 0.6) is 0 Å². The van der Waals surface area contributed by atoms with Crippen LogP contribution in [0.4, 0.5) is 4.79 Å². The van der Waals surface area contributed by atoms with E-state index in [0.717, 1.165) is 20.9 Å². The van der Waals surface area contributed by atoms with Crippen molar-refractivity contribution in [1.29, 1.82) is 0 Å². The van der Waals surface area contributed by atoms with Gasteiger partial charge in [-0.1, -0.05) is 60.7 Å². The Labute approximate surface area is 143 Å². The molecule has 0 aliphatic carbocycles. The quantitative estimate of drug-likeness (QED) is 0.482. The van der Waals surface area contributed by atoms with Gasteiger partial charge >= 0.3 is 23.6 Å². The largest absolute Gasteiger partial charge is 0.388 e. The van der Waals surface area contributed by atoms with Gasteiger partial charge in [-0.05, 0) is 11.1 Å². The first-order chi connectivity index (χ1) is 12.1. The highest BCUT2D eigenvalue weighted by Crippen LogP contribution is 2.38. The van der Waals surface area contributed by atoms with Gasteiger partial charge in [-0.2, -0.15) is 9.78 Å². The van der Waals surface area contributed by atoms with Crippen LogP contribution in [0.25, 0.3) is 0 Å². The van der Waals surface area contributed by atoms with Crippen molar-refractivity contribution >= 4 is 17.8 Å². The van der Waals surface area contributed by atoms with Crippen molar-refractivity contribution in [3.8, 4) is 0 Å². The average molecular weight is 338 g/mol. The van der Waals surface area contributed by atoms with E-state index in [2.05, 4.69) is 0 Å². The summed E-state index contributed by atoms with van der Waals surface area (Å²) < 4.78 is 0. The summed E-state index contributed by atoms with van der Waals surface area (Å²) in [7, 11) is 0. The van der Waals surface area contributed by atoms with Gasteiger partial charge in [0.25, 0.3) is 0 Å². The molecule has 1 spiro atoms. The van der Waals surface area contributed by atoms with Crippen LogP contribution >= 0.6 is 0 Å². The van der Waals surface area contributed by atoms with Crippen LogP contribution in [0.15, 0.2) is 60.7 Å². The lowest BCUT2D eigenvalue weighted by Crippen LogP contribution is -2.63. The van der Waals surface area contributed by atoms with Crippen LogP contribution in [0.2, 0.25) is 0 Å². The summed E-state index contributed by atoms with van der Waals surface area (Å²) in [6.45, 7) is 0.0666. The van der Waals surface area contributed by atoms with Crippen molar-refractivity contribution in [3.63, 3.8) is 0 Å². The van der Waals surface area contributed by atoms with E-state index in [9.17, 15) is 14.4 Å². The van der Waals surface area contributed by atoms with Gasteiger partial charge in [0.1, 0.15) is 0 Å². The zero-order valence-electron chi connectivity index (χ0n) is 13.1. The van der Waals surface area contributed by atoms with Gasteiger partial charge in [-0.15, -0.1) is 0 Å². The van der Waals surface area contributed by atoms with Crippen molar-refractivity contribution in [2.45, 2.75) is 18.9 Å². The fraction of sp³-hybridized carbons (Fsp3) is 0.167. The molecule has 4 amide bonds. The number of benzene rings is 2. The Balaban J connectivity index is 1.64. The zero-order valence-corrected chi connectivity index (χ0v) is 13.1. The lowest BCUT2D eigenvalue weighted by Gasteiger charge is -2.33. The standard InChI is InChI=1S/C18H14N2O5/c21-15-18(24-25-18)16(22)20(12-14-9-5-2-6-10-14)17(23)19(15)11-13-7-3-1-4-8-13/h1-10H,11-12H2. The molecule has 2 aromatic rings. The molecule has 7 nitrogen and oxygen atoms in total. The third-order valence-electron chi connectivity index (χ3n) is 4.13. The highest BCUT2D eigenvalue weighted by Gasteiger charge is 2.71. The van der Waals surface area contributed by atoms with Gasteiger partial charge in [0.15, 0.2) is 0 Å². The van der Waals surface area contributed by atoms with Crippen molar-refractivity contribution in [1.82, 2.24) is 9.80 Å². The fourth-order valence-corrected chi connectivity index (χ4v) is 2.76. The summed E-state index contributed by atoms with van der Waals surface area (Å²) in [5.41, 5.74) is 1.52. The van der Waals surface area contributed by atoms with E-state index in [1.54, 1.807) is 48.5 Å². The second-order valence-corrected chi connectivity index (χ2v) is 5.82. The molecule has 2 heterocycles. The van der Waals surface area contributed by atoms with Crippen molar-refractivity contribution < 1.29 is 24.2 Å². The van der Waals surface area contributed by atoms with Crippen LogP contribution in [0.3, 0.4) is 0 Å². The first-order valence-electron chi connectivity index (χ1n) is 7.74. The molecule has 2 aromatic carbocycles. The second-order valence-electron chi connectivity index (χ2n) is 5.82. The zero-order chi connectivity index (χ0) is 17.4. The molecule has 0 aromatic heterocycles. The lowest BCUT2D eigenvalue weighted by atomic mass is 10.1. The van der Waals surface area contributed by atoms with Gasteiger partial charge in [-0.25, -0.2) is 4.79 Å². The molecule has 0 bridgehead atoms. The molecule has 0 saturated carbocycles. The van der Waals surface area contributed by atoms with E-state index in [4.69, 9.17) is 9.78 Å². The van der Waals surface area contributed by atoms with Gasteiger partial charge in [0.05, 0.1) is 13.1 Å². The van der Waals surface area contributed by atoms with Gasteiger partial charge in [-0.3, -0.25) is 19.4 Å². The van der Waals surface area contributed by atoms with E-state index in [-0.39, 0.29) is 13.1 Å². The number of rotatable bonds is 4. The number of hydrogen-bond acceptors (Lipinski definition) is 5. The van der Waals surface area contributed by atoms with E-state index in [0.29, 0.717) is 0 Å². The molecule has 0 atom stereocenters. The third-order valence-corrected chi connectivity index (χ3v) is 4.13. The normalized spacial score (nSPS) is 18.8. The molecule has 0 unspecified atom stereocenters. The fourth-order valence-electron chi connectivity index (χ4n) is 2.76. The Morgan fingerprint density at radius 1 is 0.680 bits per heavy atom. The van der Waals surface area contributed by atoms with Gasteiger partial charge in [0.2, 0.25) is 0 Å². The Morgan fingerprint density at radius 3 is 1.44 bits per heavy atom. The summed E-state index contributed by atoms with van der Waals surface area (Å²) in [6, 6.07) is 17.4. The SMILES string of the molecule is O=C1N(Cc2ccccc2)C(=O)C2(OO2)C(=O)N1Cc1ccccc1. The number of hydrogen-bond donors (Lipinski definition) is 0. The van der Waals surface area contributed by atoms with Crippen LogP contribution in [-0.4, -0.2) is 33.4 Å². The molecule has 0 radical (unpaired) electrons. The molecule has 7 heteroatoms. The number of amides is 4. The number of imide groups is 2. The monoisotopic (exact) mass is 338 g/mol. The number of barbiturate groups is 1. The van der Waals surface area contributed by atoms with E-state index >= 15 is 0 Å². The smallest absolute Gasteiger partial charge is 0.267 e. The first kappa shape index (κ1) is 15.5. The third kappa shape index (κ3) is 2.59. The Bertz CT molecular complexity index is 768. The summed E-state index contributed by atoms with van der Waals surface area (Å²) in [6.07, 6.45) is 0. The lowest BCUT2D eigenvalue weighted by molar-refractivity contribution is -0.153. The maximum absolute atomic E-state index is 12.8. The molecular weight excluding hydrogens is 324 g/mol. The van der Waals surface area contributed by atoms with Crippen LogP contribution in [0.1, 0.15) is 11.1 Å². The Hall–Kier alpha value is -3.03. The molecule has 0 N–H and O–H groups in total. The highest BCUT2D eigenvalue weighted by molar-refractivity contribution is 6.21. The minimum Gasteiger partial charge on any atom is -0.267 e. The van der Waals surface area contributed by atoms with Crippen LogP contribution in [-0.2, 0) is 32.5 Å². The van der Waals surface area contributed by atoms with Crippen molar-refractivity contribution in [2.24, 2.45) is 0 Å². The Kier molecular flexibility index (Phi) is 3.60. The predicted octanol–water partition coefficient (Wildman–Crippen LogP) is 1.84. The van der Waals surface area contributed by atoms with Crippen LogP contribution < -0.4 is 0 Å². The minimum atomic E-state index is -2.02. The van der Waals surface area contributed by atoms with Crippen molar-refractivity contribution in [2.75, 3.05) is 0 Å². The number of urea groups is 1. The first-order valence-corrected chi connectivity index (χ1v) is 7.74. The summed E-state index contributed by atoms with van der Waals surface area (Å²) in [5.74, 6) is -3.61. The molecule has 126 valence electrons.